The van der Waals surface area contributed by atoms with Crippen LogP contribution in [0.4, 0.5) is 5.82 Å². The zero-order valence-electron chi connectivity index (χ0n) is 20.4. The van der Waals surface area contributed by atoms with Gasteiger partial charge in [-0.1, -0.05) is 29.8 Å². The van der Waals surface area contributed by atoms with Crippen molar-refractivity contribution in [2.75, 3.05) is 51.3 Å². The molecule has 35 heavy (non-hydrogen) atoms. The van der Waals surface area contributed by atoms with Crippen LogP contribution in [0, 0.1) is 13.8 Å². The Bertz CT molecular complexity index is 1310. The number of rotatable bonds is 7. The van der Waals surface area contributed by atoms with Crippen molar-refractivity contribution in [1.29, 1.82) is 0 Å². The van der Waals surface area contributed by atoms with Crippen molar-refractivity contribution in [3.63, 3.8) is 0 Å². The molecule has 1 aliphatic rings. The number of hydrogen-bond acceptors (Lipinski definition) is 6. The minimum atomic E-state index is 0.647. The van der Waals surface area contributed by atoms with Crippen molar-refractivity contribution < 1.29 is 9.47 Å². The Morgan fingerprint density at radius 3 is 2.43 bits per heavy atom. The number of methoxy groups -OCH3 is 1. The molecule has 4 aromatic rings. The quantitative estimate of drug-likeness (QED) is 0.367. The summed E-state index contributed by atoms with van der Waals surface area (Å²) in [6.45, 7) is 9.40. The molecular weight excluding hydrogens is 462 g/mol. The number of halogens is 1. The summed E-state index contributed by atoms with van der Waals surface area (Å²) in [7, 11) is 1.67. The average molecular weight is 492 g/mol. The highest BCUT2D eigenvalue weighted by Crippen LogP contribution is 2.31. The van der Waals surface area contributed by atoms with Crippen molar-refractivity contribution in [3.8, 4) is 22.6 Å². The molecular formula is C27H30ClN5O2. The third-order valence-electron chi connectivity index (χ3n) is 6.42. The molecule has 3 heterocycles. The third kappa shape index (κ3) is 5.06. The Balaban J connectivity index is 1.27. The number of hydrogen-bond donors (Lipinski definition) is 0. The summed E-state index contributed by atoms with van der Waals surface area (Å²) in [5.74, 6) is 2.73. The van der Waals surface area contributed by atoms with Gasteiger partial charge in [-0.3, -0.25) is 4.90 Å². The van der Waals surface area contributed by atoms with Gasteiger partial charge in [-0.15, -0.1) is 0 Å². The summed E-state index contributed by atoms with van der Waals surface area (Å²) in [5, 5.41) is 5.60. The maximum atomic E-state index is 6.11. The first-order valence-electron chi connectivity index (χ1n) is 11.9. The van der Waals surface area contributed by atoms with Gasteiger partial charge in [0.1, 0.15) is 23.9 Å². The summed E-state index contributed by atoms with van der Waals surface area (Å²) >= 11 is 6.11. The standard InChI is InChI=1S/C27H30ClN5O2/c1-19-17-25(33-27(29-19)26(20(2)30-33)21-7-9-22(28)10-8-21)32-13-11-31(12-14-32)15-16-35-24-6-4-5-23(18-24)34-3/h4-10,17-18H,11-16H2,1-3H3. The van der Waals surface area contributed by atoms with Gasteiger partial charge in [0.2, 0.25) is 0 Å². The first-order chi connectivity index (χ1) is 17.0. The van der Waals surface area contributed by atoms with Gasteiger partial charge in [-0.25, -0.2) is 4.98 Å². The van der Waals surface area contributed by atoms with Crippen LogP contribution in [-0.2, 0) is 0 Å². The molecule has 0 unspecified atom stereocenters. The van der Waals surface area contributed by atoms with E-state index in [0.29, 0.717) is 6.61 Å². The number of aryl methyl sites for hydroxylation is 2. The SMILES string of the molecule is COc1cccc(OCCN2CCN(c3cc(C)nc4c(-c5ccc(Cl)cc5)c(C)nn34)CC2)c1. The van der Waals surface area contributed by atoms with Crippen molar-refractivity contribution in [2.45, 2.75) is 13.8 Å². The van der Waals surface area contributed by atoms with Gasteiger partial charge in [-0.05, 0) is 43.7 Å². The van der Waals surface area contributed by atoms with E-state index >= 15 is 0 Å². The van der Waals surface area contributed by atoms with E-state index in [1.807, 2.05) is 66.9 Å². The lowest BCUT2D eigenvalue weighted by Crippen LogP contribution is -2.48. The molecule has 1 saturated heterocycles. The lowest BCUT2D eigenvalue weighted by molar-refractivity contribution is 0.200. The summed E-state index contributed by atoms with van der Waals surface area (Å²) < 4.78 is 13.2. The van der Waals surface area contributed by atoms with Gasteiger partial charge in [-0.2, -0.15) is 9.61 Å². The second-order valence-electron chi connectivity index (χ2n) is 8.81. The van der Waals surface area contributed by atoms with Crippen LogP contribution in [0.15, 0.2) is 54.6 Å². The average Bonchev–Trinajstić information content (AvgIpc) is 3.20. The van der Waals surface area contributed by atoms with Crippen LogP contribution in [0.2, 0.25) is 5.02 Å². The lowest BCUT2D eigenvalue weighted by atomic mass is 10.1. The second-order valence-corrected chi connectivity index (χ2v) is 9.25. The zero-order chi connectivity index (χ0) is 24.4. The van der Waals surface area contributed by atoms with Gasteiger partial charge in [0.25, 0.3) is 0 Å². The van der Waals surface area contributed by atoms with E-state index in [-0.39, 0.29) is 0 Å². The summed E-state index contributed by atoms with van der Waals surface area (Å²) in [6.07, 6.45) is 0. The molecule has 0 saturated carbocycles. The Hall–Kier alpha value is -3.29. The highest BCUT2D eigenvalue weighted by Gasteiger charge is 2.22. The fraction of sp³-hybridized carbons (Fsp3) is 0.333. The van der Waals surface area contributed by atoms with Crippen LogP contribution in [0.3, 0.4) is 0 Å². The lowest BCUT2D eigenvalue weighted by Gasteiger charge is -2.36. The largest absolute Gasteiger partial charge is 0.497 e. The number of anilines is 1. The zero-order valence-corrected chi connectivity index (χ0v) is 21.1. The van der Waals surface area contributed by atoms with E-state index in [0.717, 1.165) is 83.2 Å². The molecule has 1 fully saturated rings. The van der Waals surface area contributed by atoms with Crippen molar-refractivity contribution in [2.24, 2.45) is 0 Å². The monoisotopic (exact) mass is 491 g/mol. The molecule has 0 aliphatic carbocycles. The smallest absolute Gasteiger partial charge is 0.165 e. The number of nitrogens with zero attached hydrogens (tertiary/aromatic N) is 5. The molecule has 182 valence electrons. The molecule has 0 N–H and O–H groups in total. The minimum Gasteiger partial charge on any atom is -0.497 e. The van der Waals surface area contributed by atoms with E-state index in [1.54, 1.807) is 7.11 Å². The second kappa shape index (κ2) is 10.1. The normalized spacial score (nSPS) is 14.5. The van der Waals surface area contributed by atoms with E-state index in [2.05, 4.69) is 15.9 Å². The highest BCUT2D eigenvalue weighted by molar-refractivity contribution is 6.30. The Labute approximate surface area is 210 Å². The summed E-state index contributed by atoms with van der Waals surface area (Å²) in [5.41, 5.74) is 4.96. The Kier molecular flexibility index (Phi) is 6.79. The first-order valence-corrected chi connectivity index (χ1v) is 12.3. The van der Waals surface area contributed by atoms with E-state index in [4.69, 9.17) is 31.2 Å². The first kappa shape index (κ1) is 23.5. The number of ether oxygens (including phenoxy) is 2. The van der Waals surface area contributed by atoms with Gasteiger partial charge >= 0.3 is 0 Å². The fourth-order valence-corrected chi connectivity index (χ4v) is 4.72. The van der Waals surface area contributed by atoms with Crippen LogP contribution in [0.1, 0.15) is 11.4 Å². The molecule has 8 heteroatoms. The fourth-order valence-electron chi connectivity index (χ4n) is 4.59. The number of benzene rings is 2. The van der Waals surface area contributed by atoms with Gasteiger partial charge < -0.3 is 14.4 Å². The molecule has 2 aromatic carbocycles. The summed E-state index contributed by atoms with van der Waals surface area (Å²) in [4.78, 5) is 9.69. The molecule has 0 atom stereocenters. The Morgan fingerprint density at radius 1 is 0.943 bits per heavy atom. The number of fused-ring (bicyclic) bond motifs is 1. The van der Waals surface area contributed by atoms with Crippen LogP contribution in [0.5, 0.6) is 11.5 Å². The molecule has 0 radical (unpaired) electrons. The maximum absolute atomic E-state index is 6.11. The highest BCUT2D eigenvalue weighted by atomic mass is 35.5. The van der Waals surface area contributed by atoms with Crippen molar-refractivity contribution in [3.05, 3.63) is 71.0 Å². The van der Waals surface area contributed by atoms with Gasteiger partial charge in [0.05, 0.1) is 12.8 Å². The summed E-state index contributed by atoms with van der Waals surface area (Å²) in [6, 6.07) is 17.8. The molecule has 0 bridgehead atoms. The number of aromatic nitrogens is 3. The van der Waals surface area contributed by atoms with Crippen molar-refractivity contribution in [1.82, 2.24) is 19.5 Å². The minimum absolute atomic E-state index is 0.647. The van der Waals surface area contributed by atoms with E-state index in [9.17, 15) is 0 Å². The molecule has 0 amide bonds. The van der Waals surface area contributed by atoms with Crippen LogP contribution < -0.4 is 14.4 Å². The van der Waals surface area contributed by atoms with Crippen LogP contribution >= 0.6 is 11.6 Å². The third-order valence-corrected chi connectivity index (χ3v) is 6.67. The van der Waals surface area contributed by atoms with Crippen molar-refractivity contribution >= 4 is 23.1 Å². The predicted molar refractivity (Wildman–Crippen MR) is 140 cm³/mol. The molecule has 2 aromatic heterocycles. The van der Waals surface area contributed by atoms with Gasteiger partial charge in [0, 0.05) is 61.1 Å². The van der Waals surface area contributed by atoms with E-state index in [1.165, 1.54) is 0 Å². The van der Waals surface area contributed by atoms with E-state index < -0.39 is 0 Å². The van der Waals surface area contributed by atoms with Gasteiger partial charge in [0.15, 0.2) is 5.65 Å². The predicted octanol–water partition coefficient (Wildman–Crippen LogP) is 4.88. The Morgan fingerprint density at radius 2 is 1.69 bits per heavy atom. The maximum Gasteiger partial charge on any atom is 0.165 e. The number of piperazine rings is 1. The van der Waals surface area contributed by atoms with Crippen LogP contribution in [0.25, 0.3) is 16.8 Å². The molecule has 0 spiro atoms. The van der Waals surface area contributed by atoms with Crippen LogP contribution in [-0.4, -0.2) is 65.9 Å². The molecule has 5 rings (SSSR count). The molecule has 7 nitrogen and oxygen atoms in total. The molecule has 1 aliphatic heterocycles. The topological polar surface area (TPSA) is 55.1 Å².